The van der Waals surface area contributed by atoms with Crippen LogP contribution in [-0.2, 0) is 20.6 Å². The van der Waals surface area contributed by atoms with Gasteiger partial charge >= 0.3 is 5.69 Å². The van der Waals surface area contributed by atoms with E-state index in [1.807, 2.05) is 39.8 Å². The summed E-state index contributed by atoms with van der Waals surface area (Å²) in [5.74, 6) is 0.997. The molecule has 0 amide bonds. The van der Waals surface area contributed by atoms with E-state index in [2.05, 4.69) is 10.3 Å². The Labute approximate surface area is 190 Å². The average Bonchev–Trinajstić information content (AvgIpc) is 3.16. The van der Waals surface area contributed by atoms with E-state index in [1.165, 1.54) is 17.9 Å². The van der Waals surface area contributed by atoms with Gasteiger partial charge in [0.25, 0.3) is 0 Å². The molecule has 0 saturated carbocycles. The van der Waals surface area contributed by atoms with Crippen LogP contribution < -0.4 is 15.7 Å². The summed E-state index contributed by atoms with van der Waals surface area (Å²) in [5.41, 5.74) is 0.229. The highest BCUT2D eigenvalue weighted by molar-refractivity contribution is 5.75. The van der Waals surface area contributed by atoms with Crippen molar-refractivity contribution in [3.8, 4) is 11.5 Å². The summed E-state index contributed by atoms with van der Waals surface area (Å²) in [6.45, 7) is 7.06. The lowest BCUT2D eigenvalue weighted by Gasteiger charge is -2.46. The molecule has 0 unspecified atom stereocenters. The SMILES string of the molecule is CO[C@@H]1[C@H](O)[C@@H](CO)O[C@H]1n1cc2c(nc1=O)Nc1cc3c(cc1O2)C(C)(C)N([O-])C3(C)C. The minimum Gasteiger partial charge on any atom is -0.784 e. The van der Waals surface area contributed by atoms with Crippen molar-refractivity contribution in [3.63, 3.8) is 0 Å². The standard InChI is InChI=1S/C22H27N4O7/c1-21(2)10-6-12-13(7-11(10)22(3,4)26(21)30)32-14-8-25(20(29)24-18(14)23-12)19-17(31-5)16(28)15(9-27)33-19/h6-8,15-17,19,27-28H,9H2,1-5H3,(H,23,24,29)/q-1/t15-,16-,17-,19-/m1/s1. The van der Waals surface area contributed by atoms with Crippen molar-refractivity contribution in [1.82, 2.24) is 14.6 Å². The van der Waals surface area contributed by atoms with Crippen LogP contribution in [0.15, 0.2) is 23.1 Å². The highest BCUT2D eigenvalue weighted by Gasteiger charge is 2.46. The van der Waals surface area contributed by atoms with E-state index in [-0.39, 0.29) is 11.6 Å². The zero-order valence-electron chi connectivity index (χ0n) is 19.0. The Morgan fingerprint density at radius 1 is 1.21 bits per heavy atom. The Hall–Kier alpha value is -2.54. The number of methoxy groups -OCH3 is 1. The molecular weight excluding hydrogens is 432 g/mol. The Morgan fingerprint density at radius 2 is 1.88 bits per heavy atom. The van der Waals surface area contributed by atoms with E-state index in [1.54, 1.807) is 0 Å². The fraction of sp³-hybridized carbons (Fsp3) is 0.545. The molecule has 1 fully saturated rings. The van der Waals surface area contributed by atoms with Crippen molar-refractivity contribution in [1.29, 1.82) is 0 Å². The zero-order chi connectivity index (χ0) is 23.9. The van der Waals surface area contributed by atoms with Gasteiger partial charge in [0.1, 0.15) is 18.3 Å². The van der Waals surface area contributed by atoms with Crippen LogP contribution in [-0.4, -0.2) is 56.9 Å². The fourth-order valence-electron chi connectivity index (χ4n) is 5.08. The summed E-state index contributed by atoms with van der Waals surface area (Å²) in [5, 5.41) is 36.9. The van der Waals surface area contributed by atoms with Gasteiger partial charge in [-0.2, -0.15) is 4.98 Å². The molecule has 11 nitrogen and oxygen atoms in total. The number of hydrogen-bond donors (Lipinski definition) is 3. The van der Waals surface area contributed by atoms with E-state index in [0.717, 1.165) is 16.2 Å². The highest BCUT2D eigenvalue weighted by Crippen LogP contribution is 2.53. The van der Waals surface area contributed by atoms with Crippen molar-refractivity contribution < 1.29 is 24.4 Å². The van der Waals surface area contributed by atoms with Gasteiger partial charge in [-0.25, -0.2) is 4.79 Å². The van der Waals surface area contributed by atoms with Crippen LogP contribution in [0.5, 0.6) is 11.5 Å². The molecule has 3 N–H and O–H groups in total. The van der Waals surface area contributed by atoms with Crippen molar-refractivity contribution in [2.45, 2.75) is 63.3 Å². The molecule has 11 heteroatoms. The first-order chi connectivity index (χ1) is 15.5. The van der Waals surface area contributed by atoms with Gasteiger partial charge in [-0.15, -0.1) is 0 Å². The Kier molecular flexibility index (Phi) is 4.88. The molecule has 1 aromatic carbocycles. The third-order valence-electron chi connectivity index (χ3n) is 6.88. The summed E-state index contributed by atoms with van der Waals surface area (Å²) in [4.78, 5) is 16.9. The second kappa shape index (κ2) is 7.23. The molecule has 33 heavy (non-hydrogen) atoms. The smallest absolute Gasteiger partial charge is 0.351 e. The molecule has 0 aliphatic carbocycles. The van der Waals surface area contributed by atoms with Gasteiger partial charge in [-0.1, -0.05) is 0 Å². The number of rotatable bonds is 3. The molecule has 178 valence electrons. The van der Waals surface area contributed by atoms with Crippen LogP contribution in [0.2, 0.25) is 0 Å². The van der Waals surface area contributed by atoms with Crippen molar-refractivity contribution in [3.05, 3.63) is 45.1 Å². The maximum absolute atomic E-state index is 12.9. The summed E-state index contributed by atoms with van der Waals surface area (Å²) in [6, 6.07) is 3.70. The molecule has 3 aliphatic heterocycles. The molecule has 5 rings (SSSR count). The van der Waals surface area contributed by atoms with E-state index in [9.17, 15) is 20.2 Å². The minimum absolute atomic E-state index is 0.226. The summed E-state index contributed by atoms with van der Waals surface area (Å²) < 4.78 is 18.2. The van der Waals surface area contributed by atoms with E-state index >= 15 is 0 Å². The van der Waals surface area contributed by atoms with Crippen LogP contribution >= 0.6 is 0 Å². The Balaban J connectivity index is 1.55. The summed E-state index contributed by atoms with van der Waals surface area (Å²) >= 11 is 0. The molecule has 1 saturated heterocycles. The normalized spacial score (nSPS) is 29.1. The molecule has 1 aromatic heterocycles. The molecule has 0 bridgehead atoms. The maximum Gasteiger partial charge on any atom is 0.351 e. The minimum atomic E-state index is -1.11. The number of aromatic nitrogens is 2. The number of hydrogen-bond acceptors (Lipinski definition) is 10. The fourth-order valence-corrected chi connectivity index (χ4v) is 5.08. The average molecular weight is 459 g/mol. The number of aliphatic hydroxyl groups excluding tert-OH is 2. The molecule has 2 aromatic rings. The molecule has 4 heterocycles. The molecule has 0 spiro atoms. The van der Waals surface area contributed by atoms with Gasteiger partial charge in [0.15, 0.2) is 23.5 Å². The first-order valence-electron chi connectivity index (χ1n) is 10.7. The number of nitrogens with zero attached hydrogens (tertiary/aromatic N) is 3. The lowest BCUT2D eigenvalue weighted by atomic mass is 9.89. The topological polar surface area (TPSA) is 141 Å². The second-order valence-electron chi connectivity index (χ2n) is 9.62. The van der Waals surface area contributed by atoms with Crippen molar-refractivity contribution in [2.75, 3.05) is 19.0 Å². The summed E-state index contributed by atoms with van der Waals surface area (Å²) in [6.07, 6.45) is -2.45. The third-order valence-corrected chi connectivity index (χ3v) is 6.88. The summed E-state index contributed by atoms with van der Waals surface area (Å²) in [7, 11) is 1.39. The number of fused-ring (bicyclic) bond motifs is 3. The maximum atomic E-state index is 12.9. The van der Waals surface area contributed by atoms with Crippen LogP contribution in [0, 0.1) is 5.21 Å². The molecule has 4 atom stereocenters. The largest absolute Gasteiger partial charge is 0.784 e. The van der Waals surface area contributed by atoms with Gasteiger partial charge in [0, 0.05) is 18.2 Å². The quantitative estimate of drug-likeness (QED) is 0.529. The van der Waals surface area contributed by atoms with E-state index < -0.39 is 47.9 Å². The van der Waals surface area contributed by atoms with Crippen LogP contribution in [0.25, 0.3) is 0 Å². The number of anilines is 2. The Bertz CT molecular complexity index is 1180. The highest BCUT2D eigenvalue weighted by atomic mass is 16.6. The first kappa shape index (κ1) is 22.3. The van der Waals surface area contributed by atoms with Crippen molar-refractivity contribution >= 4 is 11.5 Å². The number of aliphatic hydroxyl groups is 2. The molecule has 3 aliphatic rings. The van der Waals surface area contributed by atoms with Gasteiger partial charge in [0.2, 0.25) is 0 Å². The number of ether oxygens (including phenoxy) is 3. The van der Waals surface area contributed by atoms with Crippen LogP contribution in [0.4, 0.5) is 11.5 Å². The first-order valence-corrected chi connectivity index (χ1v) is 10.7. The number of benzene rings is 1. The number of nitrogens with one attached hydrogen (secondary N) is 1. The van der Waals surface area contributed by atoms with Gasteiger partial charge < -0.3 is 40.0 Å². The van der Waals surface area contributed by atoms with Crippen LogP contribution in [0.3, 0.4) is 0 Å². The second-order valence-corrected chi connectivity index (χ2v) is 9.62. The zero-order valence-corrected chi connectivity index (χ0v) is 19.0. The molecular formula is C22H27N4O7-. The third kappa shape index (κ3) is 3.04. The Morgan fingerprint density at radius 3 is 2.52 bits per heavy atom. The van der Waals surface area contributed by atoms with Gasteiger partial charge in [-0.3, -0.25) is 4.57 Å². The molecule has 0 radical (unpaired) electrons. The van der Waals surface area contributed by atoms with E-state index in [4.69, 9.17) is 14.2 Å². The van der Waals surface area contributed by atoms with Crippen molar-refractivity contribution in [2.24, 2.45) is 0 Å². The number of hydroxylamine groups is 2. The van der Waals surface area contributed by atoms with E-state index in [0.29, 0.717) is 11.4 Å². The lowest BCUT2D eigenvalue weighted by Crippen LogP contribution is -2.40. The predicted molar refractivity (Wildman–Crippen MR) is 117 cm³/mol. The van der Waals surface area contributed by atoms with Crippen LogP contribution in [0.1, 0.15) is 45.0 Å². The lowest BCUT2D eigenvalue weighted by molar-refractivity contribution is -0.0626. The van der Waals surface area contributed by atoms with Gasteiger partial charge in [-0.05, 0) is 51.0 Å². The predicted octanol–water partition coefficient (Wildman–Crippen LogP) is 1.64. The monoisotopic (exact) mass is 459 g/mol. The van der Waals surface area contributed by atoms with Gasteiger partial charge in [0.05, 0.1) is 18.5 Å².